The summed E-state index contributed by atoms with van der Waals surface area (Å²) in [5.74, 6) is -0.913. The molecule has 1 rings (SSSR count). The Labute approximate surface area is 97.2 Å². The zero-order valence-corrected chi connectivity index (χ0v) is 10.2. The lowest BCUT2D eigenvalue weighted by atomic mass is 10.2. The lowest BCUT2D eigenvalue weighted by Crippen LogP contribution is -2.53. The number of piperazine rings is 1. The van der Waals surface area contributed by atoms with Crippen molar-refractivity contribution >= 4 is 5.97 Å². The maximum absolute atomic E-state index is 10.6. The number of hydrogen-bond acceptors (Lipinski definition) is 4. The largest absolute Gasteiger partial charge is 0.480 e. The molecule has 2 unspecified atom stereocenters. The Bertz CT molecular complexity index is 227. The van der Waals surface area contributed by atoms with Gasteiger partial charge < -0.3 is 10.8 Å². The molecule has 1 aliphatic heterocycles. The maximum atomic E-state index is 10.6. The zero-order chi connectivity index (χ0) is 12.1. The zero-order valence-electron chi connectivity index (χ0n) is 10.2. The first kappa shape index (κ1) is 13.4. The monoisotopic (exact) mass is 229 g/mol. The highest BCUT2D eigenvalue weighted by Crippen LogP contribution is 2.08. The fourth-order valence-corrected chi connectivity index (χ4v) is 2.00. The van der Waals surface area contributed by atoms with E-state index in [0.717, 1.165) is 32.6 Å². The van der Waals surface area contributed by atoms with Crippen molar-refractivity contribution in [3.63, 3.8) is 0 Å². The number of nitrogens with two attached hydrogens (primary N) is 1. The van der Waals surface area contributed by atoms with Crippen LogP contribution in [-0.2, 0) is 4.79 Å². The van der Waals surface area contributed by atoms with Crippen molar-refractivity contribution in [1.82, 2.24) is 9.80 Å². The summed E-state index contributed by atoms with van der Waals surface area (Å²) >= 11 is 0. The van der Waals surface area contributed by atoms with Gasteiger partial charge in [-0.3, -0.25) is 14.6 Å². The molecule has 5 heteroatoms. The van der Waals surface area contributed by atoms with Gasteiger partial charge in [-0.1, -0.05) is 6.92 Å². The summed E-state index contributed by atoms with van der Waals surface area (Å²) in [6.07, 6.45) is 1.16. The standard InChI is InChI=1S/C11H23N3O2/c1-3-9(2)14-6-4-13(5-7-14)8-10(12)11(15)16/h9-10H,3-8,12H2,1-2H3,(H,15,16). The molecule has 0 amide bonds. The second-order valence-corrected chi connectivity index (χ2v) is 4.54. The molecule has 3 N–H and O–H groups in total. The van der Waals surface area contributed by atoms with Crippen LogP contribution in [0.2, 0.25) is 0 Å². The lowest BCUT2D eigenvalue weighted by molar-refractivity contribution is -0.139. The minimum Gasteiger partial charge on any atom is -0.480 e. The highest BCUT2D eigenvalue weighted by Gasteiger charge is 2.23. The molecule has 0 radical (unpaired) electrons. The second kappa shape index (κ2) is 6.18. The van der Waals surface area contributed by atoms with Crippen LogP contribution in [0.1, 0.15) is 20.3 Å². The van der Waals surface area contributed by atoms with Crippen molar-refractivity contribution in [2.75, 3.05) is 32.7 Å². The Kier molecular flexibility index (Phi) is 5.18. The van der Waals surface area contributed by atoms with Crippen LogP contribution < -0.4 is 5.73 Å². The molecule has 2 atom stereocenters. The minimum absolute atomic E-state index is 0.462. The Hall–Kier alpha value is -0.650. The molecule has 0 aromatic carbocycles. The Morgan fingerprint density at radius 1 is 1.38 bits per heavy atom. The van der Waals surface area contributed by atoms with E-state index in [0.29, 0.717) is 12.6 Å². The topological polar surface area (TPSA) is 69.8 Å². The van der Waals surface area contributed by atoms with Gasteiger partial charge in [0.2, 0.25) is 0 Å². The highest BCUT2D eigenvalue weighted by molar-refractivity contribution is 5.73. The number of aliphatic carboxylic acids is 1. The van der Waals surface area contributed by atoms with Crippen LogP contribution in [0, 0.1) is 0 Å². The number of carbonyl (C=O) groups is 1. The SMILES string of the molecule is CCC(C)N1CCN(CC(N)C(=O)O)CC1. The molecule has 0 saturated carbocycles. The second-order valence-electron chi connectivity index (χ2n) is 4.54. The van der Waals surface area contributed by atoms with Crippen molar-refractivity contribution in [2.24, 2.45) is 5.73 Å². The van der Waals surface area contributed by atoms with E-state index < -0.39 is 12.0 Å². The molecular weight excluding hydrogens is 206 g/mol. The minimum atomic E-state index is -0.913. The summed E-state index contributed by atoms with van der Waals surface area (Å²) in [5, 5.41) is 8.73. The molecule has 0 spiro atoms. The number of rotatable bonds is 5. The van der Waals surface area contributed by atoms with E-state index in [1.54, 1.807) is 0 Å². The number of carboxylic acids is 1. The predicted molar refractivity (Wildman–Crippen MR) is 63.4 cm³/mol. The van der Waals surface area contributed by atoms with Gasteiger partial charge in [0.1, 0.15) is 6.04 Å². The van der Waals surface area contributed by atoms with E-state index in [2.05, 4.69) is 23.6 Å². The van der Waals surface area contributed by atoms with Crippen molar-refractivity contribution in [3.05, 3.63) is 0 Å². The summed E-state index contributed by atoms with van der Waals surface area (Å²) in [4.78, 5) is 15.2. The van der Waals surface area contributed by atoms with Crippen molar-refractivity contribution in [2.45, 2.75) is 32.4 Å². The molecule has 0 aliphatic carbocycles. The Morgan fingerprint density at radius 3 is 2.38 bits per heavy atom. The van der Waals surface area contributed by atoms with Crippen molar-refractivity contribution in [3.8, 4) is 0 Å². The van der Waals surface area contributed by atoms with E-state index in [4.69, 9.17) is 10.8 Å². The molecule has 16 heavy (non-hydrogen) atoms. The van der Waals surface area contributed by atoms with Crippen LogP contribution in [0.5, 0.6) is 0 Å². The number of nitrogens with zero attached hydrogens (tertiary/aromatic N) is 2. The molecule has 1 fully saturated rings. The van der Waals surface area contributed by atoms with Crippen LogP contribution in [0.25, 0.3) is 0 Å². The van der Waals surface area contributed by atoms with Crippen LogP contribution in [0.4, 0.5) is 0 Å². The third-order valence-corrected chi connectivity index (χ3v) is 3.39. The molecule has 94 valence electrons. The van der Waals surface area contributed by atoms with Gasteiger partial charge in [-0.25, -0.2) is 0 Å². The third-order valence-electron chi connectivity index (χ3n) is 3.39. The lowest BCUT2D eigenvalue weighted by Gasteiger charge is -2.38. The summed E-state index contributed by atoms with van der Waals surface area (Å²) in [6.45, 7) is 8.76. The molecule has 1 saturated heterocycles. The smallest absolute Gasteiger partial charge is 0.321 e. The molecular formula is C11H23N3O2. The van der Waals surface area contributed by atoms with Crippen LogP contribution >= 0.6 is 0 Å². The highest BCUT2D eigenvalue weighted by atomic mass is 16.4. The third kappa shape index (κ3) is 3.73. The van der Waals surface area contributed by atoms with E-state index in [-0.39, 0.29) is 0 Å². The van der Waals surface area contributed by atoms with Crippen LogP contribution in [-0.4, -0.2) is 65.7 Å². The Balaban J connectivity index is 2.29. The summed E-state index contributed by atoms with van der Waals surface area (Å²) in [7, 11) is 0. The Morgan fingerprint density at radius 2 is 1.94 bits per heavy atom. The average molecular weight is 229 g/mol. The van der Waals surface area contributed by atoms with E-state index >= 15 is 0 Å². The summed E-state index contributed by atoms with van der Waals surface area (Å²) < 4.78 is 0. The number of carboxylic acid groups (broad SMARTS) is 1. The van der Waals surface area contributed by atoms with E-state index in [1.807, 2.05) is 0 Å². The summed E-state index contributed by atoms with van der Waals surface area (Å²) in [5.41, 5.74) is 5.51. The van der Waals surface area contributed by atoms with Crippen molar-refractivity contribution < 1.29 is 9.90 Å². The van der Waals surface area contributed by atoms with E-state index in [9.17, 15) is 4.79 Å². The molecule has 5 nitrogen and oxygen atoms in total. The quantitative estimate of drug-likeness (QED) is 0.684. The summed E-state index contributed by atoms with van der Waals surface area (Å²) in [6, 6.07) is -0.134. The van der Waals surface area contributed by atoms with Gasteiger partial charge in [0, 0.05) is 38.8 Å². The first-order valence-corrected chi connectivity index (χ1v) is 5.99. The molecule has 1 heterocycles. The predicted octanol–water partition coefficient (Wildman–Crippen LogP) is -0.186. The van der Waals surface area contributed by atoms with Gasteiger partial charge in [-0.15, -0.1) is 0 Å². The first-order valence-electron chi connectivity index (χ1n) is 5.99. The molecule has 1 aliphatic rings. The van der Waals surface area contributed by atoms with Gasteiger partial charge in [0.05, 0.1) is 0 Å². The van der Waals surface area contributed by atoms with E-state index in [1.165, 1.54) is 0 Å². The first-order chi connectivity index (χ1) is 7.54. The molecule has 0 aromatic heterocycles. The van der Waals surface area contributed by atoms with Gasteiger partial charge in [0.15, 0.2) is 0 Å². The average Bonchev–Trinajstić information content (AvgIpc) is 2.28. The van der Waals surface area contributed by atoms with Crippen LogP contribution in [0.3, 0.4) is 0 Å². The molecule has 0 bridgehead atoms. The normalized spacial score (nSPS) is 22.9. The maximum Gasteiger partial charge on any atom is 0.321 e. The molecule has 0 aromatic rings. The van der Waals surface area contributed by atoms with Crippen LogP contribution in [0.15, 0.2) is 0 Å². The van der Waals surface area contributed by atoms with Gasteiger partial charge in [-0.2, -0.15) is 0 Å². The van der Waals surface area contributed by atoms with Crippen molar-refractivity contribution in [1.29, 1.82) is 0 Å². The fraction of sp³-hybridized carbons (Fsp3) is 0.909. The fourth-order valence-electron chi connectivity index (χ4n) is 2.00. The number of hydrogen-bond donors (Lipinski definition) is 2. The van der Waals surface area contributed by atoms with Gasteiger partial charge in [-0.05, 0) is 13.3 Å². The van der Waals surface area contributed by atoms with Gasteiger partial charge >= 0.3 is 5.97 Å². The van der Waals surface area contributed by atoms with Gasteiger partial charge in [0.25, 0.3) is 0 Å².